The van der Waals surface area contributed by atoms with Crippen LogP contribution in [0.1, 0.15) is 19.4 Å². The number of carbonyl (C=O) groups excluding carboxylic acids is 1. The van der Waals surface area contributed by atoms with Crippen LogP contribution in [0.15, 0.2) is 53.4 Å². The van der Waals surface area contributed by atoms with Gasteiger partial charge in [0.15, 0.2) is 11.5 Å². The van der Waals surface area contributed by atoms with Crippen LogP contribution in [0.25, 0.3) is 6.08 Å². The summed E-state index contributed by atoms with van der Waals surface area (Å²) in [6, 6.07) is 10.3. The van der Waals surface area contributed by atoms with Crippen LogP contribution < -0.4 is 9.47 Å². The van der Waals surface area contributed by atoms with Gasteiger partial charge in [-0.3, -0.25) is 14.9 Å². The summed E-state index contributed by atoms with van der Waals surface area (Å²) in [5, 5.41) is 11.0. The van der Waals surface area contributed by atoms with Crippen molar-refractivity contribution < 1.29 is 27.6 Å². The molecule has 1 aliphatic rings. The Bertz CT molecular complexity index is 1190. The fraction of sp³-hybridized carbons (Fsp3) is 0.348. The van der Waals surface area contributed by atoms with E-state index in [-0.39, 0.29) is 48.8 Å². The molecule has 2 aromatic carbocycles. The normalized spacial score (nSPS) is 15.0. The number of benzene rings is 2. The molecule has 2 aromatic rings. The average Bonchev–Trinajstić information content (AvgIpc) is 2.83. The van der Waals surface area contributed by atoms with E-state index in [1.807, 2.05) is 19.9 Å². The topological polar surface area (TPSA) is 119 Å². The highest BCUT2D eigenvalue weighted by atomic mass is 32.2. The van der Waals surface area contributed by atoms with E-state index in [9.17, 15) is 23.3 Å². The van der Waals surface area contributed by atoms with Gasteiger partial charge in [0.05, 0.1) is 23.0 Å². The van der Waals surface area contributed by atoms with Gasteiger partial charge in [0.1, 0.15) is 0 Å². The number of hydrogen-bond acceptors (Lipinski definition) is 7. The van der Waals surface area contributed by atoms with E-state index in [4.69, 9.17) is 9.47 Å². The molecule has 34 heavy (non-hydrogen) atoms. The van der Waals surface area contributed by atoms with Crippen LogP contribution >= 0.6 is 0 Å². The molecule has 0 saturated carbocycles. The van der Waals surface area contributed by atoms with Crippen molar-refractivity contribution >= 4 is 27.7 Å². The highest BCUT2D eigenvalue weighted by molar-refractivity contribution is 7.89. The van der Waals surface area contributed by atoms with Crippen molar-refractivity contribution in [1.29, 1.82) is 0 Å². The van der Waals surface area contributed by atoms with Gasteiger partial charge >= 0.3 is 0 Å². The van der Waals surface area contributed by atoms with E-state index in [1.165, 1.54) is 28.6 Å². The number of non-ortho nitro benzene ring substituents is 1. The minimum atomic E-state index is -3.90. The second-order valence-electron chi connectivity index (χ2n) is 7.89. The number of nitro benzene ring substituents is 1. The maximum Gasteiger partial charge on any atom is 0.270 e. The summed E-state index contributed by atoms with van der Waals surface area (Å²) < 4.78 is 38.0. The quantitative estimate of drug-likeness (QED) is 0.318. The van der Waals surface area contributed by atoms with Gasteiger partial charge in [-0.2, -0.15) is 4.31 Å². The largest absolute Gasteiger partial charge is 0.493 e. The standard InChI is InChI=1S/C23H27N3O7S/c1-17(2)33-21-9-7-18(15-22(21)32-3)8-10-23(27)24-11-13-25(14-12-24)34(30,31)20-6-4-5-19(16-20)26(28)29/h4-10,15-17H,11-14H2,1-3H3/b10-8+. The number of piperazine rings is 1. The Morgan fingerprint density at radius 2 is 1.79 bits per heavy atom. The Morgan fingerprint density at radius 1 is 1.09 bits per heavy atom. The van der Waals surface area contributed by atoms with Crippen molar-refractivity contribution in [2.24, 2.45) is 0 Å². The van der Waals surface area contributed by atoms with Crippen LogP contribution in [0.2, 0.25) is 0 Å². The Kier molecular flexibility index (Phi) is 7.90. The molecule has 0 unspecified atom stereocenters. The predicted molar refractivity (Wildman–Crippen MR) is 126 cm³/mol. The first-order valence-electron chi connectivity index (χ1n) is 10.7. The molecule has 0 spiro atoms. The molecule has 3 rings (SSSR count). The number of carbonyl (C=O) groups is 1. The minimum Gasteiger partial charge on any atom is -0.493 e. The molecule has 0 aliphatic carbocycles. The number of rotatable bonds is 8. The van der Waals surface area contributed by atoms with E-state index >= 15 is 0 Å². The van der Waals surface area contributed by atoms with Crippen LogP contribution in [0.3, 0.4) is 0 Å². The molecule has 1 fully saturated rings. The van der Waals surface area contributed by atoms with E-state index in [1.54, 1.807) is 30.2 Å². The summed E-state index contributed by atoms with van der Waals surface area (Å²) in [5.41, 5.74) is 0.466. The van der Waals surface area contributed by atoms with Gasteiger partial charge in [-0.25, -0.2) is 8.42 Å². The van der Waals surface area contributed by atoms with Crippen molar-refractivity contribution in [3.8, 4) is 11.5 Å². The highest BCUT2D eigenvalue weighted by Gasteiger charge is 2.30. The molecule has 0 bridgehead atoms. The van der Waals surface area contributed by atoms with Gasteiger partial charge < -0.3 is 14.4 Å². The molecular formula is C23H27N3O7S. The molecule has 182 valence electrons. The third kappa shape index (κ3) is 5.91. The summed E-state index contributed by atoms with van der Waals surface area (Å²) in [7, 11) is -2.35. The summed E-state index contributed by atoms with van der Waals surface area (Å²) in [4.78, 5) is 24.4. The SMILES string of the molecule is COc1cc(/C=C/C(=O)N2CCN(S(=O)(=O)c3cccc([N+](=O)[O-])c3)CC2)ccc1OC(C)C. The number of ether oxygens (including phenoxy) is 2. The number of amides is 1. The molecule has 1 aliphatic heterocycles. The van der Waals surface area contributed by atoms with Crippen LogP contribution in [0, 0.1) is 10.1 Å². The number of hydrogen-bond donors (Lipinski definition) is 0. The summed E-state index contributed by atoms with van der Waals surface area (Å²) in [6.45, 7) is 4.45. The molecular weight excluding hydrogens is 462 g/mol. The second kappa shape index (κ2) is 10.7. The van der Waals surface area contributed by atoms with Gasteiger partial charge in [-0.1, -0.05) is 12.1 Å². The van der Waals surface area contributed by atoms with Crippen molar-refractivity contribution in [3.05, 3.63) is 64.2 Å². The zero-order valence-electron chi connectivity index (χ0n) is 19.2. The first-order chi connectivity index (χ1) is 16.1. The number of nitro groups is 1. The van der Waals surface area contributed by atoms with E-state index < -0.39 is 14.9 Å². The van der Waals surface area contributed by atoms with E-state index in [0.29, 0.717) is 11.5 Å². The van der Waals surface area contributed by atoms with E-state index in [2.05, 4.69) is 0 Å². The monoisotopic (exact) mass is 489 g/mol. The van der Waals surface area contributed by atoms with Gasteiger partial charge in [-0.05, 0) is 43.7 Å². The second-order valence-corrected chi connectivity index (χ2v) is 9.83. The average molecular weight is 490 g/mol. The summed E-state index contributed by atoms with van der Waals surface area (Å²) in [6.07, 6.45) is 3.09. The van der Waals surface area contributed by atoms with Crippen LogP contribution in [-0.2, 0) is 14.8 Å². The Hall–Kier alpha value is -3.44. The molecule has 0 N–H and O–H groups in total. The predicted octanol–water partition coefficient (Wildman–Crippen LogP) is 2.94. The lowest BCUT2D eigenvalue weighted by Gasteiger charge is -2.33. The molecule has 1 amide bonds. The van der Waals surface area contributed by atoms with Crippen LogP contribution in [0.5, 0.6) is 11.5 Å². The van der Waals surface area contributed by atoms with E-state index in [0.717, 1.165) is 11.6 Å². The molecule has 11 heteroatoms. The zero-order chi connectivity index (χ0) is 24.9. The lowest BCUT2D eigenvalue weighted by Crippen LogP contribution is -2.50. The molecule has 0 radical (unpaired) electrons. The number of methoxy groups -OCH3 is 1. The summed E-state index contributed by atoms with van der Waals surface area (Å²) >= 11 is 0. The zero-order valence-corrected chi connectivity index (χ0v) is 20.0. The van der Waals surface area contributed by atoms with Crippen molar-refractivity contribution in [1.82, 2.24) is 9.21 Å². The van der Waals surface area contributed by atoms with Gasteiger partial charge in [-0.15, -0.1) is 0 Å². The first kappa shape index (κ1) is 25.2. The molecule has 10 nitrogen and oxygen atoms in total. The number of nitrogens with zero attached hydrogens (tertiary/aromatic N) is 3. The first-order valence-corrected chi connectivity index (χ1v) is 12.1. The maximum absolute atomic E-state index is 12.9. The van der Waals surface area contributed by atoms with Gasteiger partial charge in [0, 0.05) is 44.4 Å². The van der Waals surface area contributed by atoms with Crippen molar-refractivity contribution in [2.75, 3.05) is 33.3 Å². The number of sulfonamides is 1. The minimum absolute atomic E-state index is 0.00337. The van der Waals surface area contributed by atoms with Crippen LogP contribution in [-0.4, -0.2) is 67.8 Å². The molecule has 1 saturated heterocycles. The highest BCUT2D eigenvalue weighted by Crippen LogP contribution is 2.29. The smallest absolute Gasteiger partial charge is 0.270 e. The van der Waals surface area contributed by atoms with Gasteiger partial charge in [0.2, 0.25) is 15.9 Å². The van der Waals surface area contributed by atoms with Gasteiger partial charge in [0.25, 0.3) is 5.69 Å². The molecule has 0 atom stereocenters. The van der Waals surface area contributed by atoms with Crippen molar-refractivity contribution in [2.45, 2.75) is 24.8 Å². The fourth-order valence-corrected chi connectivity index (χ4v) is 4.93. The lowest BCUT2D eigenvalue weighted by molar-refractivity contribution is -0.385. The third-order valence-electron chi connectivity index (χ3n) is 5.19. The Labute approximate surface area is 198 Å². The maximum atomic E-state index is 12.9. The van der Waals surface area contributed by atoms with Crippen LogP contribution in [0.4, 0.5) is 5.69 Å². The Balaban J connectivity index is 1.63. The Morgan fingerprint density at radius 3 is 2.41 bits per heavy atom. The lowest BCUT2D eigenvalue weighted by atomic mass is 10.2. The molecule has 0 aromatic heterocycles. The summed E-state index contributed by atoms with van der Waals surface area (Å²) in [5.74, 6) is 0.930. The third-order valence-corrected chi connectivity index (χ3v) is 7.08. The molecule has 1 heterocycles. The van der Waals surface area contributed by atoms with Crippen molar-refractivity contribution in [3.63, 3.8) is 0 Å². The fourth-order valence-electron chi connectivity index (χ4n) is 3.47.